The van der Waals surface area contributed by atoms with Crippen molar-refractivity contribution in [3.05, 3.63) is 66.1 Å². The summed E-state index contributed by atoms with van der Waals surface area (Å²) in [6, 6.07) is 14.2. The van der Waals surface area contributed by atoms with E-state index in [2.05, 4.69) is 4.98 Å². The fraction of sp³-hybridized carbons (Fsp3) is 0.280. The minimum atomic E-state index is -0.709. The number of hydrogen-bond acceptors (Lipinski definition) is 4. The fourth-order valence-electron chi connectivity index (χ4n) is 4.26. The summed E-state index contributed by atoms with van der Waals surface area (Å²) in [5, 5.41) is 0. The minimum absolute atomic E-state index is 0.0318. The van der Waals surface area contributed by atoms with E-state index in [9.17, 15) is 14.0 Å². The van der Waals surface area contributed by atoms with Gasteiger partial charge in [0.25, 0.3) is 5.91 Å². The number of aromatic amines is 1. The summed E-state index contributed by atoms with van der Waals surface area (Å²) in [5.74, 6) is -0.977. The van der Waals surface area contributed by atoms with Crippen molar-refractivity contribution in [2.24, 2.45) is 5.73 Å². The molecule has 2 amide bonds. The van der Waals surface area contributed by atoms with Crippen molar-refractivity contribution >= 4 is 17.5 Å². The van der Waals surface area contributed by atoms with Crippen LogP contribution >= 0.6 is 0 Å². The molecule has 2 heterocycles. The lowest BCUT2D eigenvalue weighted by molar-refractivity contribution is -0.135. The van der Waals surface area contributed by atoms with E-state index in [0.29, 0.717) is 50.3 Å². The molecule has 2 aliphatic rings. The topological polar surface area (TPSA) is 108 Å². The van der Waals surface area contributed by atoms with Crippen LogP contribution in [0, 0.1) is 5.82 Å². The van der Waals surface area contributed by atoms with Gasteiger partial charge in [-0.25, -0.2) is 4.39 Å². The van der Waals surface area contributed by atoms with E-state index in [4.69, 9.17) is 11.5 Å². The number of halogens is 1. The Morgan fingerprint density at radius 1 is 0.909 bits per heavy atom. The molecule has 0 radical (unpaired) electrons. The molecule has 0 spiro atoms. The van der Waals surface area contributed by atoms with Crippen LogP contribution < -0.4 is 11.5 Å². The number of carbonyl (C=O) groups excluding carboxylic acids is 2. The normalized spacial score (nSPS) is 17.2. The van der Waals surface area contributed by atoms with Crippen LogP contribution in [-0.4, -0.2) is 58.3 Å². The van der Waals surface area contributed by atoms with E-state index in [0.717, 1.165) is 16.8 Å². The smallest absolute Gasteiger partial charge is 0.256 e. The fourth-order valence-corrected chi connectivity index (χ4v) is 4.26. The number of nitrogens with two attached hydrogens (primary N) is 2. The average Bonchev–Trinajstić information content (AvgIpc) is 3.44. The number of nitrogen functional groups attached to an aromatic ring is 1. The largest absolute Gasteiger partial charge is 0.397 e. The van der Waals surface area contributed by atoms with Gasteiger partial charge >= 0.3 is 0 Å². The first-order chi connectivity index (χ1) is 15.8. The van der Waals surface area contributed by atoms with Gasteiger partial charge in [0, 0.05) is 43.8 Å². The monoisotopic (exact) mass is 447 g/mol. The van der Waals surface area contributed by atoms with Gasteiger partial charge in [0.15, 0.2) is 0 Å². The van der Waals surface area contributed by atoms with E-state index in [1.54, 1.807) is 22.1 Å². The Morgan fingerprint density at radius 2 is 1.58 bits per heavy atom. The Hall–Kier alpha value is -3.65. The summed E-state index contributed by atoms with van der Waals surface area (Å²) >= 11 is 0. The molecule has 5 rings (SSSR count). The van der Waals surface area contributed by atoms with Crippen LogP contribution in [0.15, 0.2) is 54.7 Å². The van der Waals surface area contributed by atoms with Crippen LogP contribution in [0.1, 0.15) is 23.2 Å². The second kappa shape index (κ2) is 8.04. The molecule has 1 aliphatic carbocycles. The van der Waals surface area contributed by atoms with Crippen LogP contribution in [-0.2, 0) is 4.79 Å². The molecule has 33 heavy (non-hydrogen) atoms. The SMILES string of the molecule is Nc1c[nH]c(-c2cccc(-c3ccc(C(=O)N4CCN(C(=O)C5(N)CC5)CC4)c(F)c3)c2)c1. The third-order valence-electron chi connectivity index (χ3n) is 6.48. The number of rotatable bonds is 4. The predicted molar refractivity (Wildman–Crippen MR) is 125 cm³/mol. The van der Waals surface area contributed by atoms with Crippen LogP contribution in [0.4, 0.5) is 10.1 Å². The molecular formula is C25H26FN5O2. The average molecular weight is 448 g/mol. The number of nitrogens with one attached hydrogen (secondary N) is 1. The maximum atomic E-state index is 15.0. The van der Waals surface area contributed by atoms with E-state index < -0.39 is 11.4 Å². The van der Waals surface area contributed by atoms with Crippen molar-refractivity contribution in [2.45, 2.75) is 18.4 Å². The molecule has 0 unspecified atom stereocenters. The summed E-state index contributed by atoms with van der Waals surface area (Å²) in [5.41, 5.74) is 15.1. The molecule has 0 atom stereocenters. The number of H-pyrrole nitrogens is 1. The summed E-state index contributed by atoms with van der Waals surface area (Å²) < 4.78 is 15.0. The second-order valence-corrected chi connectivity index (χ2v) is 8.86. The summed E-state index contributed by atoms with van der Waals surface area (Å²) in [7, 11) is 0. The molecule has 3 aromatic rings. The molecule has 2 aromatic carbocycles. The zero-order valence-electron chi connectivity index (χ0n) is 18.2. The lowest BCUT2D eigenvalue weighted by Crippen LogP contribution is -2.55. The molecule has 1 saturated heterocycles. The van der Waals surface area contributed by atoms with Gasteiger partial charge in [0.2, 0.25) is 5.91 Å². The number of nitrogens with zero attached hydrogens (tertiary/aromatic N) is 2. The van der Waals surface area contributed by atoms with Crippen LogP contribution in [0.2, 0.25) is 0 Å². The molecule has 0 bridgehead atoms. The van der Waals surface area contributed by atoms with Gasteiger partial charge in [0.1, 0.15) is 5.82 Å². The number of anilines is 1. The van der Waals surface area contributed by atoms with Gasteiger partial charge in [-0.3, -0.25) is 9.59 Å². The highest BCUT2D eigenvalue weighted by Gasteiger charge is 2.48. The molecule has 1 aromatic heterocycles. The highest BCUT2D eigenvalue weighted by Crippen LogP contribution is 2.34. The highest BCUT2D eigenvalue weighted by atomic mass is 19.1. The molecule has 7 nitrogen and oxygen atoms in total. The molecule has 8 heteroatoms. The van der Waals surface area contributed by atoms with E-state index in [1.165, 1.54) is 12.1 Å². The quantitative estimate of drug-likeness (QED) is 0.571. The third kappa shape index (κ3) is 4.09. The van der Waals surface area contributed by atoms with Crippen molar-refractivity contribution in [3.63, 3.8) is 0 Å². The number of amides is 2. The van der Waals surface area contributed by atoms with Crippen molar-refractivity contribution in [1.82, 2.24) is 14.8 Å². The first-order valence-electron chi connectivity index (χ1n) is 11.1. The summed E-state index contributed by atoms with van der Waals surface area (Å²) in [4.78, 5) is 31.8. The van der Waals surface area contributed by atoms with Crippen molar-refractivity contribution in [2.75, 3.05) is 31.9 Å². The molecule has 170 valence electrons. The Kier molecular flexibility index (Phi) is 5.17. The Labute approximate surface area is 191 Å². The van der Waals surface area contributed by atoms with Gasteiger partial charge in [-0.2, -0.15) is 0 Å². The molecule has 5 N–H and O–H groups in total. The zero-order chi connectivity index (χ0) is 23.2. The van der Waals surface area contributed by atoms with E-state index in [-0.39, 0.29) is 17.4 Å². The van der Waals surface area contributed by atoms with Crippen molar-refractivity contribution in [1.29, 1.82) is 0 Å². The van der Waals surface area contributed by atoms with Gasteiger partial charge in [0.05, 0.1) is 11.1 Å². The first-order valence-corrected chi connectivity index (χ1v) is 11.1. The standard InChI is InChI=1S/C25H26FN5O2/c26-21-13-17(16-2-1-3-18(12-16)22-14-19(27)15-29-22)4-5-20(21)23(32)30-8-10-31(11-9-30)24(33)25(28)6-7-25/h1-5,12-15,29H,6-11,27-28H2. The lowest BCUT2D eigenvalue weighted by atomic mass is 10.00. The minimum Gasteiger partial charge on any atom is -0.397 e. The predicted octanol–water partition coefficient (Wildman–Crippen LogP) is 2.85. The number of piperazine rings is 1. The van der Waals surface area contributed by atoms with E-state index in [1.807, 2.05) is 30.3 Å². The number of aromatic nitrogens is 1. The van der Waals surface area contributed by atoms with Crippen molar-refractivity contribution in [3.8, 4) is 22.4 Å². The zero-order valence-corrected chi connectivity index (χ0v) is 18.2. The molecular weight excluding hydrogens is 421 g/mol. The van der Waals surface area contributed by atoms with Gasteiger partial charge in [-0.15, -0.1) is 0 Å². The Balaban J connectivity index is 1.29. The molecule has 1 aliphatic heterocycles. The second-order valence-electron chi connectivity index (χ2n) is 8.86. The van der Waals surface area contributed by atoms with Gasteiger partial charge in [-0.1, -0.05) is 24.3 Å². The van der Waals surface area contributed by atoms with Gasteiger partial charge < -0.3 is 26.3 Å². The van der Waals surface area contributed by atoms with Crippen LogP contribution in [0.25, 0.3) is 22.4 Å². The van der Waals surface area contributed by atoms with Crippen LogP contribution in [0.5, 0.6) is 0 Å². The van der Waals surface area contributed by atoms with Crippen molar-refractivity contribution < 1.29 is 14.0 Å². The maximum absolute atomic E-state index is 15.0. The van der Waals surface area contributed by atoms with E-state index >= 15 is 0 Å². The summed E-state index contributed by atoms with van der Waals surface area (Å²) in [6.45, 7) is 1.56. The Morgan fingerprint density at radius 3 is 2.21 bits per heavy atom. The highest BCUT2D eigenvalue weighted by molar-refractivity contribution is 5.95. The summed E-state index contributed by atoms with van der Waals surface area (Å²) in [6.07, 6.45) is 3.15. The Bertz CT molecular complexity index is 1230. The molecule has 1 saturated carbocycles. The third-order valence-corrected chi connectivity index (χ3v) is 6.48. The van der Waals surface area contributed by atoms with Gasteiger partial charge in [-0.05, 0) is 53.8 Å². The number of hydrogen-bond donors (Lipinski definition) is 3. The molecule has 2 fully saturated rings. The lowest BCUT2D eigenvalue weighted by Gasteiger charge is -2.36. The maximum Gasteiger partial charge on any atom is 0.256 e. The van der Waals surface area contributed by atoms with Crippen LogP contribution in [0.3, 0.4) is 0 Å². The first kappa shape index (κ1) is 21.2. The number of benzene rings is 2. The number of carbonyl (C=O) groups is 2.